The van der Waals surface area contributed by atoms with E-state index in [0.29, 0.717) is 15.8 Å². The minimum absolute atomic E-state index is 0.592. The summed E-state index contributed by atoms with van der Waals surface area (Å²) in [6.45, 7) is 0. The second-order valence-electron chi connectivity index (χ2n) is 3.16. The predicted molar refractivity (Wildman–Crippen MR) is 72.0 cm³/mol. The largest absolute Gasteiger partial charge is 0.399 e. The summed E-state index contributed by atoms with van der Waals surface area (Å²) in [7, 11) is 0. The average molecular weight is 272 g/mol. The number of anilines is 2. The summed E-state index contributed by atoms with van der Waals surface area (Å²) in [6, 6.07) is 5.45. The van der Waals surface area contributed by atoms with Crippen LogP contribution >= 0.6 is 34.7 Å². The van der Waals surface area contributed by atoms with E-state index in [1.807, 2.05) is 11.4 Å². The van der Waals surface area contributed by atoms with Crippen LogP contribution < -0.4 is 11.5 Å². The van der Waals surface area contributed by atoms with Crippen LogP contribution in [0.15, 0.2) is 28.5 Å². The fraction of sp³-hybridized carbons (Fsp3) is 0.100. The van der Waals surface area contributed by atoms with Gasteiger partial charge < -0.3 is 11.5 Å². The number of halogens is 1. The lowest BCUT2D eigenvalue weighted by molar-refractivity contribution is 1.24. The van der Waals surface area contributed by atoms with E-state index < -0.39 is 0 Å². The number of nitrogens with two attached hydrogens (primary N) is 2. The van der Waals surface area contributed by atoms with Crippen LogP contribution in [0.25, 0.3) is 0 Å². The van der Waals surface area contributed by atoms with Crippen molar-refractivity contribution < 1.29 is 0 Å². The second kappa shape index (κ2) is 4.95. The van der Waals surface area contributed by atoms with E-state index in [2.05, 4.69) is 4.98 Å². The zero-order valence-electron chi connectivity index (χ0n) is 8.31. The molecule has 1 heterocycles. The maximum absolute atomic E-state index is 6.05. The molecule has 0 amide bonds. The normalized spacial score (nSPS) is 10.6. The highest BCUT2D eigenvalue weighted by Gasteiger charge is 2.04. The SMILES string of the molecule is Nc1ccc(Cl)c(SCc2csc(N)n2)c1. The van der Waals surface area contributed by atoms with Gasteiger partial charge in [0.1, 0.15) is 0 Å². The van der Waals surface area contributed by atoms with Gasteiger partial charge >= 0.3 is 0 Å². The van der Waals surface area contributed by atoms with Crippen LogP contribution in [-0.4, -0.2) is 4.98 Å². The van der Waals surface area contributed by atoms with Crippen LogP contribution in [0.2, 0.25) is 5.02 Å². The lowest BCUT2D eigenvalue weighted by Gasteiger charge is -2.03. The predicted octanol–water partition coefficient (Wildman–Crippen LogP) is 3.25. The summed E-state index contributed by atoms with van der Waals surface area (Å²) in [6.07, 6.45) is 0. The Balaban J connectivity index is 2.07. The van der Waals surface area contributed by atoms with Gasteiger partial charge in [-0.05, 0) is 18.2 Å². The highest BCUT2D eigenvalue weighted by Crippen LogP contribution is 2.31. The molecule has 0 aliphatic heterocycles. The van der Waals surface area contributed by atoms with Gasteiger partial charge in [0.15, 0.2) is 5.13 Å². The van der Waals surface area contributed by atoms with Crippen LogP contribution in [0, 0.1) is 0 Å². The maximum Gasteiger partial charge on any atom is 0.180 e. The van der Waals surface area contributed by atoms with Crippen molar-refractivity contribution in [3.05, 3.63) is 34.3 Å². The number of hydrogen-bond donors (Lipinski definition) is 2. The van der Waals surface area contributed by atoms with Crippen molar-refractivity contribution >= 4 is 45.5 Å². The molecule has 1 aromatic carbocycles. The minimum atomic E-state index is 0.592. The number of rotatable bonds is 3. The quantitative estimate of drug-likeness (QED) is 0.664. The maximum atomic E-state index is 6.05. The summed E-state index contributed by atoms with van der Waals surface area (Å²) >= 11 is 9.10. The number of benzene rings is 1. The van der Waals surface area contributed by atoms with Crippen molar-refractivity contribution in [1.82, 2.24) is 4.98 Å². The van der Waals surface area contributed by atoms with E-state index >= 15 is 0 Å². The summed E-state index contributed by atoms with van der Waals surface area (Å²) in [5.74, 6) is 0.747. The number of thiazole rings is 1. The first kappa shape index (κ1) is 11.6. The lowest BCUT2D eigenvalue weighted by atomic mass is 10.3. The van der Waals surface area contributed by atoms with Gasteiger partial charge in [0, 0.05) is 21.7 Å². The molecule has 16 heavy (non-hydrogen) atoms. The molecule has 84 valence electrons. The lowest BCUT2D eigenvalue weighted by Crippen LogP contribution is -1.87. The molecule has 0 aliphatic rings. The molecule has 0 fully saturated rings. The van der Waals surface area contributed by atoms with E-state index in [4.69, 9.17) is 23.1 Å². The zero-order chi connectivity index (χ0) is 11.5. The third kappa shape index (κ3) is 2.81. The summed E-state index contributed by atoms with van der Waals surface area (Å²) in [5, 5.41) is 3.25. The zero-order valence-corrected chi connectivity index (χ0v) is 10.7. The molecule has 0 aliphatic carbocycles. The van der Waals surface area contributed by atoms with Gasteiger partial charge in [-0.25, -0.2) is 4.98 Å². The van der Waals surface area contributed by atoms with Crippen molar-refractivity contribution in [2.45, 2.75) is 10.6 Å². The van der Waals surface area contributed by atoms with Crippen molar-refractivity contribution in [2.75, 3.05) is 11.5 Å². The Hall–Kier alpha value is -0.910. The molecule has 0 bridgehead atoms. The topological polar surface area (TPSA) is 64.9 Å². The van der Waals surface area contributed by atoms with Crippen LogP contribution in [-0.2, 0) is 5.75 Å². The van der Waals surface area contributed by atoms with E-state index in [-0.39, 0.29) is 0 Å². The summed E-state index contributed by atoms with van der Waals surface area (Å²) < 4.78 is 0. The first-order valence-electron chi connectivity index (χ1n) is 4.53. The number of thioether (sulfide) groups is 1. The van der Waals surface area contributed by atoms with Crippen molar-refractivity contribution in [1.29, 1.82) is 0 Å². The standard InChI is InChI=1S/C10H10ClN3S2/c11-8-2-1-6(12)3-9(8)15-4-7-5-16-10(13)14-7/h1-3,5H,4,12H2,(H2,13,14). The van der Waals surface area contributed by atoms with Gasteiger partial charge in [0.05, 0.1) is 10.7 Å². The molecule has 2 rings (SSSR count). The first-order chi connectivity index (χ1) is 7.65. The fourth-order valence-corrected chi connectivity index (χ4v) is 3.00. The Bertz CT molecular complexity index is 499. The molecule has 2 aromatic rings. The first-order valence-corrected chi connectivity index (χ1v) is 6.77. The Labute approximate surface area is 107 Å². The Morgan fingerprint density at radius 2 is 2.19 bits per heavy atom. The number of aromatic nitrogens is 1. The van der Waals surface area contributed by atoms with Gasteiger partial charge in [-0.15, -0.1) is 23.1 Å². The monoisotopic (exact) mass is 271 g/mol. The smallest absolute Gasteiger partial charge is 0.180 e. The minimum Gasteiger partial charge on any atom is -0.399 e. The molecule has 6 heteroatoms. The third-order valence-electron chi connectivity index (χ3n) is 1.90. The van der Waals surface area contributed by atoms with Crippen LogP contribution in [0.3, 0.4) is 0 Å². The number of nitrogen functional groups attached to an aromatic ring is 2. The van der Waals surface area contributed by atoms with Crippen molar-refractivity contribution in [3.8, 4) is 0 Å². The highest BCUT2D eigenvalue weighted by atomic mass is 35.5. The molecule has 0 spiro atoms. The average Bonchev–Trinajstić information content (AvgIpc) is 2.66. The molecule has 0 radical (unpaired) electrons. The van der Waals surface area contributed by atoms with Crippen LogP contribution in [0.1, 0.15) is 5.69 Å². The van der Waals surface area contributed by atoms with E-state index in [1.54, 1.807) is 23.9 Å². The Morgan fingerprint density at radius 3 is 2.88 bits per heavy atom. The molecule has 0 saturated heterocycles. The molecular weight excluding hydrogens is 262 g/mol. The van der Waals surface area contributed by atoms with E-state index in [1.165, 1.54) is 11.3 Å². The van der Waals surface area contributed by atoms with Gasteiger partial charge in [-0.1, -0.05) is 11.6 Å². The van der Waals surface area contributed by atoms with Gasteiger partial charge in [-0.2, -0.15) is 0 Å². The van der Waals surface area contributed by atoms with Crippen LogP contribution in [0.5, 0.6) is 0 Å². The van der Waals surface area contributed by atoms with Crippen molar-refractivity contribution in [3.63, 3.8) is 0 Å². The number of nitrogens with zero attached hydrogens (tertiary/aromatic N) is 1. The number of hydrogen-bond acceptors (Lipinski definition) is 5. The molecule has 1 aromatic heterocycles. The molecular formula is C10H10ClN3S2. The summed E-state index contributed by atoms with van der Waals surface area (Å²) in [5.41, 5.74) is 12.9. The van der Waals surface area contributed by atoms with Crippen LogP contribution in [0.4, 0.5) is 10.8 Å². The third-order valence-corrected chi connectivity index (χ3v) is 4.15. The molecule has 3 nitrogen and oxygen atoms in total. The fourth-order valence-electron chi connectivity index (χ4n) is 1.17. The molecule has 0 atom stereocenters. The highest BCUT2D eigenvalue weighted by molar-refractivity contribution is 7.98. The molecule has 4 N–H and O–H groups in total. The van der Waals surface area contributed by atoms with Gasteiger partial charge in [0.25, 0.3) is 0 Å². The van der Waals surface area contributed by atoms with Crippen molar-refractivity contribution in [2.24, 2.45) is 0 Å². The van der Waals surface area contributed by atoms with Gasteiger partial charge in [0.2, 0.25) is 0 Å². The Kier molecular flexibility index (Phi) is 3.58. The van der Waals surface area contributed by atoms with E-state index in [9.17, 15) is 0 Å². The van der Waals surface area contributed by atoms with E-state index in [0.717, 1.165) is 16.3 Å². The summed E-state index contributed by atoms with van der Waals surface area (Å²) in [4.78, 5) is 5.14. The molecule has 0 saturated carbocycles. The Morgan fingerprint density at radius 1 is 1.38 bits per heavy atom. The molecule has 0 unspecified atom stereocenters. The van der Waals surface area contributed by atoms with Gasteiger partial charge in [-0.3, -0.25) is 0 Å². The second-order valence-corrected chi connectivity index (χ2v) is 5.47.